The highest BCUT2D eigenvalue weighted by Crippen LogP contribution is 2.26. The summed E-state index contributed by atoms with van der Waals surface area (Å²) in [5.41, 5.74) is 0.798. The number of pyridine rings is 2. The molecule has 10 heteroatoms. The van der Waals surface area contributed by atoms with Gasteiger partial charge in [0, 0.05) is 11.9 Å². The number of anilines is 1. The topological polar surface area (TPSA) is 109 Å². The van der Waals surface area contributed by atoms with E-state index >= 15 is 0 Å². The van der Waals surface area contributed by atoms with E-state index in [1.807, 2.05) is 0 Å². The van der Waals surface area contributed by atoms with Crippen molar-refractivity contribution in [1.82, 2.24) is 14.9 Å². The van der Waals surface area contributed by atoms with Gasteiger partial charge in [0.25, 0.3) is 21.8 Å². The third kappa shape index (κ3) is 3.52. The lowest BCUT2D eigenvalue weighted by Gasteiger charge is -2.17. The van der Waals surface area contributed by atoms with Gasteiger partial charge in [-0.3, -0.25) is 24.2 Å². The Balaban J connectivity index is 1.70. The van der Waals surface area contributed by atoms with Gasteiger partial charge < -0.3 is 0 Å². The molecule has 30 heavy (non-hydrogen) atoms. The second kappa shape index (κ2) is 7.30. The van der Waals surface area contributed by atoms with Crippen molar-refractivity contribution in [3.63, 3.8) is 0 Å². The Bertz CT molecular complexity index is 1260. The third-order valence-electron chi connectivity index (χ3n) is 4.51. The molecule has 2 aromatic heterocycles. The van der Waals surface area contributed by atoms with Gasteiger partial charge in [0.1, 0.15) is 17.3 Å². The van der Waals surface area contributed by atoms with Crippen molar-refractivity contribution in [2.24, 2.45) is 0 Å². The third-order valence-corrected chi connectivity index (χ3v) is 5.94. The van der Waals surface area contributed by atoms with Gasteiger partial charge in [0.05, 0.1) is 17.0 Å². The van der Waals surface area contributed by atoms with Crippen molar-refractivity contribution < 1.29 is 22.4 Å². The molecule has 1 N–H and O–H groups in total. The molecule has 0 spiro atoms. The Morgan fingerprint density at radius 3 is 2.60 bits per heavy atom. The summed E-state index contributed by atoms with van der Waals surface area (Å²) in [4.78, 5) is 33.6. The lowest BCUT2D eigenvalue weighted by molar-refractivity contribution is 0.0639. The summed E-state index contributed by atoms with van der Waals surface area (Å²) in [6.45, 7) is 1.34. The van der Waals surface area contributed by atoms with Gasteiger partial charge in [0.2, 0.25) is 0 Å². The maximum absolute atomic E-state index is 13.9. The summed E-state index contributed by atoms with van der Waals surface area (Å²) in [5.74, 6) is -1.95. The molecule has 0 saturated carbocycles. The minimum atomic E-state index is -4.24. The number of sulfonamides is 1. The summed E-state index contributed by atoms with van der Waals surface area (Å²) < 4.78 is 42.0. The van der Waals surface area contributed by atoms with Crippen LogP contribution in [0.1, 0.15) is 32.1 Å². The van der Waals surface area contributed by atoms with Crippen LogP contribution in [0.2, 0.25) is 0 Å². The van der Waals surface area contributed by atoms with Crippen LogP contribution < -0.4 is 4.72 Å². The number of hydrogen-bond donors (Lipinski definition) is 1. The minimum Gasteiger partial charge on any atom is -0.268 e. The first-order valence-electron chi connectivity index (χ1n) is 8.82. The molecule has 152 valence electrons. The number of nitrogens with one attached hydrogen (secondary N) is 1. The summed E-state index contributed by atoms with van der Waals surface area (Å²) in [5, 5.41) is 0. The highest BCUT2D eigenvalue weighted by atomic mass is 32.2. The fraction of sp³-hybridized carbons (Fsp3) is 0.100. The van der Waals surface area contributed by atoms with E-state index in [9.17, 15) is 22.4 Å². The van der Waals surface area contributed by atoms with Gasteiger partial charge in [0.15, 0.2) is 0 Å². The Kier molecular flexibility index (Phi) is 4.78. The first-order chi connectivity index (χ1) is 14.3. The molecule has 3 aromatic rings. The molecule has 0 radical (unpaired) electrons. The number of halogens is 1. The van der Waals surface area contributed by atoms with E-state index in [0.717, 1.165) is 17.0 Å². The largest absolute Gasteiger partial charge is 0.280 e. The van der Waals surface area contributed by atoms with Crippen molar-refractivity contribution in [3.8, 4) is 0 Å². The molecule has 1 aliphatic heterocycles. The molecule has 8 nitrogen and oxygen atoms in total. The number of rotatable bonds is 5. The first-order valence-corrected chi connectivity index (χ1v) is 10.3. The second-order valence-corrected chi connectivity index (χ2v) is 8.27. The molecule has 4 rings (SSSR count). The fourth-order valence-electron chi connectivity index (χ4n) is 3.13. The number of imide groups is 1. The normalized spacial score (nSPS) is 13.5. The van der Waals surface area contributed by atoms with Crippen molar-refractivity contribution in [1.29, 1.82) is 0 Å². The SMILES string of the molecule is Cc1cccc(NS(=O)(=O)c2cc(F)ccc2CN2C(=O)c3cccnc3C2=O)n1. The van der Waals surface area contributed by atoms with Crippen LogP contribution in [0.15, 0.2) is 59.6 Å². The highest BCUT2D eigenvalue weighted by Gasteiger charge is 2.37. The zero-order valence-electron chi connectivity index (χ0n) is 15.7. The van der Waals surface area contributed by atoms with Crippen molar-refractivity contribution in [2.45, 2.75) is 18.4 Å². The van der Waals surface area contributed by atoms with E-state index in [-0.39, 0.29) is 29.2 Å². The average Bonchev–Trinajstić information content (AvgIpc) is 2.94. The maximum Gasteiger partial charge on any atom is 0.280 e. The van der Waals surface area contributed by atoms with Gasteiger partial charge in [-0.2, -0.15) is 0 Å². The van der Waals surface area contributed by atoms with Crippen molar-refractivity contribution >= 4 is 27.7 Å². The molecule has 2 amide bonds. The standard InChI is InChI=1S/C20H15FN4O4S/c1-12-4-2-6-17(23-12)24-30(28,29)16-10-14(21)8-7-13(16)11-25-19(26)15-5-3-9-22-18(15)20(25)27/h2-10H,11H2,1H3,(H,23,24). The molecule has 1 aromatic carbocycles. The molecule has 0 saturated heterocycles. The molecule has 0 bridgehead atoms. The van der Waals surface area contributed by atoms with Crippen LogP contribution in [0.4, 0.5) is 10.2 Å². The summed E-state index contributed by atoms with van der Waals surface area (Å²) in [7, 11) is -4.24. The average molecular weight is 426 g/mol. The number of benzene rings is 1. The molecule has 0 atom stereocenters. The number of aryl methyl sites for hydroxylation is 1. The van der Waals surface area contributed by atoms with E-state index in [0.29, 0.717) is 5.69 Å². The number of nitrogens with zero attached hydrogens (tertiary/aromatic N) is 3. The van der Waals surface area contributed by atoms with E-state index < -0.39 is 32.6 Å². The highest BCUT2D eigenvalue weighted by molar-refractivity contribution is 7.92. The number of carbonyl (C=O) groups excluding carboxylic acids is 2. The van der Waals surface area contributed by atoms with Crippen molar-refractivity contribution in [3.05, 3.63) is 83.1 Å². The molecule has 1 aliphatic rings. The van der Waals surface area contributed by atoms with Crippen molar-refractivity contribution in [2.75, 3.05) is 4.72 Å². The number of amides is 2. The van der Waals surface area contributed by atoms with E-state index in [2.05, 4.69) is 14.7 Å². The van der Waals surface area contributed by atoms with E-state index in [4.69, 9.17) is 0 Å². The zero-order valence-corrected chi connectivity index (χ0v) is 16.5. The Morgan fingerprint density at radius 1 is 1.07 bits per heavy atom. The smallest absolute Gasteiger partial charge is 0.268 e. The summed E-state index contributed by atoms with van der Waals surface area (Å²) >= 11 is 0. The van der Waals surface area contributed by atoms with E-state index in [1.54, 1.807) is 19.1 Å². The van der Waals surface area contributed by atoms with Gasteiger partial charge >= 0.3 is 0 Å². The number of aromatic nitrogens is 2. The van der Waals surface area contributed by atoms with Crippen LogP contribution >= 0.6 is 0 Å². The van der Waals surface area contributed by atoms with Gasteiger partial charge in [-0.25, -0.2) is 17.8 Å². The van der Waals surface area contributed by atoms with E-state index in [1.165, 1.54) is 30.5 Å². The maximum atomic E-state index is 13.9. The van der Waals surface area contributed by atoms with Gasteiger partial charge in [-0.1, -0.05) is 12.1 Å². The van der Waals surface area contributed by atoms with Gasteiger partial charge in [-0.05, 0) is 48.9 Å². The Labute approximate surface area is 171 Å². The number of carbonyl (C=O) groups is 2. The lowest BCUT2D eigenvalue weighted by Crippen LogP contribution is -2.30. The van der Waals surface area contributed by atoms with Crippen LogP contribution in [-0.4, -0.2) is 35.1 Å². The predicted molar refractivity (Wildman–Crippen MR) is 105 cm³/mol. The Hall–Kier alpha value is -3.66. The Morgan fingerprint density at radius 2 is 1.87 bits per heavy atom. The van der Waals surface area contributed by atoms with Crippen LogP contribution in [0.25, 0.3) is 0 Å². The molecule has 0 fully saturated rings. The molecule has 3 heterocycles. The summed E-state index contributed by atoms with van der Waals surface area (Å²) in [6.07, 6.45) is 1.39. The molecule has 0 aliphatic carbocycles. The lowest BCUT2D eigenvalue weighted by atomic mass is 10.2. The minimum absolute atomic E-state index is 0.00361. The van der Waals surface area contributed by atoms with Crippen LogP contribution in [0.5, 0.6) is 0 Å². The number of fused-ring (bicyclic) bond motifs is 1. The quantitative estimate of drug-likeness (QED) is 0.628. The number of hydrogen-bond acceptors (Lipinski definition) is 6. The fourth-order valence-corrected chi connectivity index (χ4v) is 4.37. The second-order valence-electron chi connectivity index (χ2n) is 6.62. The van der Waals surface area contributed by atoms with Gasteiger partial charge in [-0.15, -0.1) is 0 Å². The van der Waals surface area contributed by atoms with Crippen LogP contribution in [0.3, 0.4) is 0 Å². The monoisotopic (exact) mass is 426 g/mol. The predicted octanol–water partition coefficient (Wildman–Crippen LogP) is 2.52. The molecule has 0 unspecified atom stereocenters. The molecular weight excluding hydrogens is 411 g/mol. The first kappa shape index (κ1) is 19.6. The molecular formula is C20H15FN4O4S. The van der Waals surface area contributed by atoms with Crippen LogP contribution in [0, 0.1) is 12.7 Å². The zero-order chi connectivity index (χ0) is 21.5. The van der Waals surface area contributed by atoms with Crippen LogP contribution in [-0.2, 0) is 16.6 Å². The summed E-state index contributed by atoms with van der Waals surface area (Å²) in [6, 6.07) is 10.9.